The second-order valence-electron chi connectivity index (χ2n) is 4.84. The molecule has 1 N–H and O–H groups in total. The number of nitrogens with zero attached hydrogens (tertiary/aromatic N) is 3. The number of hydrogen-bond acceptors (Lipinski definition) is 5. The molecular formula is C13H12F2N4OS. The third-order valence-electron chi connectivity index (χ3n) is 3.52. The standard InChI is InChI=1S/C13H12F2N4OS/c14-9-3-1-2-8(6-9)11-7-10(15)12-17-13(18-19(11)12)21(20)5-4-16/h1-3,6,10-12H,5,7H2,(H,17,18)/t10-,11-,12?,21-/m0/s1. The molecule has 1 saturated heterocycles. The molecule has 5 nitrogen and oxygen atoms in total. The van der Waals surface area contributed by atoms with E-state index in [1.165, 1.54) is 17.1 Å². The van der Waals surface area contributed by atoms with Gasteiger partial charge in [0.15, 0.2) is 11.9 Å². The molecule has 0 aliphatic carbocycles. The van der Waals surface area contributed by atoms with Gasteiger partial charge in [0, 0.05) is 17.6 Å². The predicted octanol–water partition coefficient (Wildman–Crippen LogP) is 1.38. The van der Waals surface area contributed by atoms with Crippen molar-refractivity contribution in [2.45, 2.75) is 24.8 Å². The summed E-state index contributed by atoms with van der Waals surface area (Å²) in [4.78, 5) is 0. The van der Waals surface area contributed by atoms with Gasteiger partial charge in [0.05, 0.1) is 6.04 Å². The van der Waals surface area contributed by atoms with Crippen molar-refractivity contribution >= 4 is 16.3 Å². The van der Waals surface area contributed by atoms with Crippen molar-refractivity contribution in [3.05, 3.63) is 35.6 Å². The quantitative estimate of drug-likeness (QED) is 0.838. The topological polar surface area (TPSA) is 74.5 Å². The molecule has 1 aromatic carbocycles. The Morgan fingerprint density at radius 2 is 2.38 bits per heavy atom. The summed E-state index contributed by atoms with van der Waals surface area (Å²) >= 11 is -1.60. The van der Waals surface area contributed by atoms with Crippen LogP contribution in [-0.2, 0) is 11.2 Å². The highest BCUT2D eigenvalue weighted by molar-refractivity contribution is 8.06. The number of halogens is 2. The monoisotopic (exact) mass is 310 g/mol. The fourth-order valence-electron chi connectivity index (χ4n) is 2.60. The average molecular weight is 310 g/mol. The lowest BCUT2D eigenvalue weighted by Gasteiger charge is -2.21. The van der Waals surface area contributed by atoms with E-state index in [9.17, 15) is 13.3 Å². The first-order valence-corrected chi connectivity index (χ1v) is 7.70. The van der Waals surface area contributed by atoms with E-state index in [0.29, 0.717) is 5.56 Å². The van der Waals surface area contributed by atoms with Gasteiger partial charge in [0.25, 0.3) is 0 Å². The van der Waals surface area contributed by atoms with Gasteiger partial charge >= 0.3 is 5.17 Å². The van der Waals surface area contributed by atoms with E-state index in [1.54, 1.807) is 18.2 Å². The molecule has 0 saturated carbocycles. The zero-order valence-corrected chi connectivity index (χ0v) is 11.7. The van der Waals surface area contributed by atoms with Crippen LogP contribution in [-0.4, -0.2) is 32.8 Å². The summed E-state index contributed by atoms with van der Waals surface area (Å²) in [6.45, 7) is 0. The van der Waals surface area contributed by atoms with E-state index >= 15 is 0 Å². The van der Waals surface area contributed by atoms with E-state index in [-0.39, 0.29) is 17.3 Å². The molecule has 0 bridgehead atoms. The Morgan fingerprint density at radius 3 is 3.10 bits per heavy atom. The van der Waals surface area contributed by atoms with Crippen molar-refractivity contribution in [2.24, 2.45) is 5.10 Å². The fraction of sp³-hybridized carbons (Fsp3) is 0.385. The van der Waals surface area contributed by atoms with Gasteiger partial charge in [-0.05, 0) is 17.7 Å². The highest BCUT2D eigenvalue weighted by Crippen LogP contribution is 2.39. The molecule has 2 heterocycles. The average Bonchev–Trinajstić information content (AvgIpc) is 3.00. The lowest BCUT2D eigenvalue weighted by Crippen LogP contribution is -2.41. The molecule has 4 atom stereocenters. The fourth-order valence-corrected chi connectivity index (χ4v) is 3.29. The van der Waals surface area contributed by atoms with Crippen LogP contribution in [0.4, 0.5) is 8.78 Å². The van der Waals surface area contributed by atoms with E-state index in [2.05, 4.69) is 10.4 Å². The van der Waals surface area contributed by atoms with Crippen LogP contribution in [0.3, 0.4) is 0 Å². The second kappa shape index (κ2) is 5.50. The van der Waals surface area contributed by atoms with Gasteiger partial charge in [-0.1, -0.05) is 12.1 Å². The molecule has 1 fully saturated rings. The number of rotatable bonds is 2. The first-order chi connectivity index (χ1) is 10.1. The molecule has 0 aromatic heterocycles. The minimum Gasteiger partial charge on any atom is -0.608 e. The number of benzene rings is 1. The largest absolute Gasteiger partial charge is 0.608 e. The minimum absolute atomic E-state index is 0.102. The molecule has 0 radical (unpaired) electrons. The lowest BCUT2D eigenvalue weighted by molar-refractivity contribution is 0.180. The van der Waals surface area contributed by atoms with E-state index in [0.717, 1.165) is 0 Å². The molecule has 2 aliphatic rings. The Balaban J connectivity index is 1.86. The van der Waals surface area contributed by atoms with Crippen LogP contribution in [0.1, 0.15) is 18.0 Å². The number of fused-ring (bicyclic) bond motifs is 1. The zero-order chi connectivity index (χ0) is 15.0. The maximum atomic E-state index is 14.1. The smallest absolute Gasteiger partial charge is 0.336 e. The van der Waals surface area contributed by atoms with Crippen molar-refractivity contribution in [3.8, 4) is 6.07 Å². The summed E-state index contributed by atoms with van der Waals surface area (Å²) in [5.74, 6) is -0.593. The number of nitriles is 1. The number of hydrazone groups is 1. The molecule has 110 valence electrons. The van der Waals surface area contributed by atoms with Crippen molar-refractivity contribution in [1.29, 1.82) is 5.26 Å². The lowest BCUT2D eigenvalue weighted by atomic mass is 10.0. The highest BCUT2D eigenvalue weighted by atomic mass is 32.2. The Morgan fingerprint density at radius 1 is 1.57 bits per heavy atom. The molecule has 0 spiro atoms. The third-order valence-corrected chi connectivity index (χ3v) is 4.54. The Kier molecular flexibility index (Phi) is 3.69. The van der Waals surface area contributed by atoms with Crippen LogP contribution in [0.5, 0.6) is 0 Å². The first kappa shape index (κ1) is 14.1. The molecule has 8 heteroatoms. The second-order valence-corrected chi connectivity index (χ2v) is 6.21. The van der Waals surface area contributed by atoms with E-state index in [4.69, 9.17) is 5.26 Å². The van der Waals surface area contributed by atoms with Gasteiger partial charge < -0.3 is 9.87 Å². The maximum absolute atomic E-state index is 14.1. The van der Waals surface area contributed by atoms with E-state index < -0.39 is 35.4 Å². The summed E-state index contributed by atoms with van der Waals surface area (Å²) < 4.78 is 39.2. The number of hydrogen-bond donors (Lipinski definition) is 1. The normalized spacial score (nSPS) is 28.6. The van der Waals surface area contributed by atoms with E-state index in [1.807, 2.05) is 0 Å². The minimum atomic E-state index is -1.60. The van der Waals surface area contributed by atoms with Gasteiger partial charge in [-0.25, -0.2) is 8.78 Å². The van der Waals surface area contributed by atoms with Gasteiger partial charge in [0.2, 0.25) is 0 Å². The molecule has 21 heavy (non-hydrogen) atoms. The first-order valence-electron chi connectivity index (χ1n) is 6.38. The van der Waals surface area contributed by atoms with Crippen LogP contribution >= 0.6 is 0 Å². The Hall–Kier alpha value is -1.85. The Bertz CT molecular complexity index is 620. The SMILES string of the molecule is N#CC[S@+]([O-])C1=NN2C(N1)[C@@H](F)C[C@H]2c1cccc(F)c1. The molecule has 3 rings (SSSR count). The van der Waals surface area contributed by atoms with Crippen LogP contribution in [0.2, 0.25) is 0 Å². The molecule has 1 unspecified atom stereocenters. The maximum Gasteiger partial charge on any atom is 0.336 e. The molecule has 2 aliphatic heterocycles. The summed E-state index contributed by atoms with van der Waals surface area (Å²) in [6.07, 6.45) is -1.74. The highest BCUT2D eigenvalue weighted by Gasteiger charge is 2.48. The van der Waals surface area contributed by atoms with Crippen molar-refractivity contribution in [2.75, 3.05) is 5.75 Å². The molecular weight excluding hydrogens is 298 g/mol. The van der Waals surface area contributed by atoms with Gasteiger partial charge in [-0.15, -0.1) is 5.10 Å². The molecule has 0 amide bonds. The van der Waals surface area contributed by atoms with Crippen LogP contribution in [0.15, 0.2) is 29.4 Å². The van der Waals surface area contributed by atoms with Gasteiger partial charge in [-0.3, -0.25) is 5.01 Å². The number of nitrogens with one attached hydrogen (secondary N) is 1. The summed E-state index contributed by atoms with van der Waals surface area (Å²) in [5.41, 5.74) is 0.623. The number of amidine groups is 1. The van der Waals surface area contributed by atoms with Crippen molar-refractivity contribution in [3.63, 3.8) is 0 Å². The summed E-state index contributed by atoms with van der Waals surface area (Å²) in [6, 6.07) is 7.32. The third kappa shape index (κ3) is 2.54. The van der Waals surface area contributed by atoms with Crippen LogP contribution in [0, 0.1) is 17.1 Å². The zero-order valence-electron chi connectivity index (χ0n) is 10.9. The Labute approximate surface area is 123 Å². The van der Waals surface area contributed by atoms with Crippen molar-refractivity contribution < 1.29 is 13.3 Å². The summed E-state index contributed by atoms with van der Waals surface area (Å²) in [7, 11) is 0. The summed E-state index contributed by atoms with van der Waals surface area (Å²) in [5, 5.41) is 17.0. The van der Waals surface area contributed by atoms with Gasteiger partial charge in [-0.2, -0.15) is 5.26 Å². The van der Waals surface area contributed by atoms with Gasteiger partial charge in [0.1, 0.15) is 18.1 Å². The van der Waals surface area contributed by atoms with Crippen LogP contribution in [0.25, 0.3) is 0 Å². The van der Waals surface area contributed by atoms with Crippen molar-refractivity contribution in [1.82, 2.24) is 10.3 Å². The number of alkyl halides is 1. The van der Waals surface area contributed by atoms with Crippen LogP contribution < -0.4 is 5.32 Å². The predicted molar refractivity (Wildman–Crippen MR) is 73.5 cm³/mol. The molecule has 1 aromatic rings.